The highest BCUT2D eigenvalue weighted by Crippen LogP contribution is 2.35. The van der Waals surface area contributed by atoms with E-state index in [2.05, 4.69) is 4.98 Å². The van der Waals surface area contributed by atoms with Gasteiger partial charge in [0.15, 0.2) is 0 Å². The van der Waals surface area contributed by atoms with Gasteiger partial charge in [-0.1, -0.05) is 6.07 Å². The molecule has 0 bridgehead atoms. The smallest absolute Gasteiger partial charge is 0.277 e. The summed E-state index contributed by atoms with van der Waals surface area (Å²) in [6, 6.07) is 4.80. The van der Waals surface area contributed by atoms with Crippen molar-refractivity contribution in [2.45, 2.75) is 12.8 Å². The lowest BCUT2D eigenvalue weighted by Crippen LogP contribution is -2.29. The molecule has 0 aliphatic carbocycles. The Morgan fingerprint density at radius 1 is 1.50 bits per heavy atom. The highest BCUT2D eigenvalue weighted by atomic mass is 32.1. The fourth-order valence-electron chi connectivity index (χ4n) is 2.58. The van der Waals surface area contributed by atoms with Crippen LogP contribution in [0.5, 0.6) is 0 Å². The Bertz CT molecular complexity index is 743. The Hall–Kier alpha value is -2.32. The summed E-state index contributed by atoms with van der Waals surface area (Å²) in [5.74, 6) is -0.223. The van der Waals surface area contributed by atoms with Crippen LogP contribution in [0, 0.1) is 10.1 Å². The average Bonchev–Trinajstić information content (AvgIpc) is 3.13. The maximum absolute atomic E-state index is 12.6. The predicted molar refractivity (Wildman–Crippen MR) is 83.3 cm³/mol. The highest BCUT2D eigenvalue weighted by Gasteiger charge is 2.31. The van der Waals surface area contributed by atoms with Gasteiger partial charge in [-0.15, -0.1) is 11.3 Å². The van der Waals surface area contributed by atoms with Gasteiger partial charge in [0.2, 0.25) is 0 Å². The summed E-state index contributed by atoms with van der Waals surface area (Å²) in [6.07, 6.45) is 1.12. The van der Waals surface area contributed by atoms with E-state index >= 15 is 0 Å². The molecule has 3 rings (SSSR count). The Kier molecular flexibility index (Phi) is 3.86. The first-order valence-corrected chi connectivity index (χ1v) is 7.72. The minimum absolute atomic E-state index is 0.0647. The molecule has 114 valence electrons. The third kappa shape index (κ3) is 2.46. The maximum Gasteiger partial charge on any atom is 0.277 e. The first-order chi connectivity index (χ1) is 10.6. The first-order valence-electron chi connectivity index (χ1n) is 6.84. The second kappa shape index (κ2) is 5.82. The third-order valence-electron chi connectivity index (χ3n) is 3.57. The molecule has 2 heterocycles. The van der Waals surface area contributed by atoms with Crippen LogP contribution >= 0.6 is 11.3 Å². The van der Waals surface area contributed by atoms with Gasteiger partial charge in [-0.2, -0.15) is 0 Å². The molecule has 7 nitrogen and oxygen atoms in total. The van der Waals surface area contributed by atoms with E-state index < -0.39 is 4.92 Å². The number of nitrogens with zero attached hydrogens (tertiary/aromatic N) is 3. The molecule has 0 radical (unpaired) electrons. The number of hydrogen-bond donors (Lipinski definition) is 1. The van der Waals surface area contributed by atoms with Gasteiger partial charge in [-0.25, -0.2) is 4.98 Å². The van der Waals surface area contributed by atoms with Crippen LogP contribution in [0.25, 0.3) is 0 Å². The normalized spacial score (nSPS) is 13.2. The van der Waals surface area contributed by atoms with Gasteiger partial charge in [-0.3, -0.25) is 14.9 Å². The molecule has 0 atom stereocenters. The van der Waals surface area contributed by atoms with Gasteiger partial charge >= 0.3 is 0 Å². The number of carbonyl (C=O) groups excluding carboxylic acids is 1. The molecule has 0 saturated carbocycles. The Balaban J connectivity index is 1.90. The molecule has 0 saturated heterocycles. The van der Waals surface area contributed by atoms with Gasteiger partial charge in [0, 0.05) is 24.4 Å². The third-order valence-corrected chi connectivity index (χ3v) is 4.48. The lowest BCUT2D eigenvalue weighted by molar-refractivity contribution is -0.385. The van der Waals surface area contributed by atoms with Crippen molar-refractivity contribution in [3.05, 3.63) is 50.0 Å². The van der Waals surface area contributed by atoms with Crippen molar-refractivity contribution in [1.29, 1.82) is 0 Å². The average molecular weight is 318 g/mol. The largest absolute Gasteiger partial charge is 0.330 e. The lowest BCUT2D eigenvalue weighted by Gasteiger charge is -2.15. The van der Waals surface area contributed by atoms with E-state index in [0.29, 0.717) is 42.9 Å². The van der Waals surface area contributed by atoms with Crippen LogP contribution in [-0.4, -0.2) is 28.9 Å². The number of nitrogens with two attached hydrogens (primary N) is 1. The second-order valence-corrected chi connectivity index (χ2v) is 5.85. The monoisotopic (exact) mass is 318 g/mol. The van der Waals surface area contributed by atoms with Crippen molar-refractivity contribution in [1.82, 2.24) is 4.98 Å². The second-order valence-electron chi connectivity index (χ2n) is 4.90. The van der Waals surface area contributed by atoms with Crippen LogP contribution in [0.4, 0.5) is 11.4 Å². The molecular weight excluding hydrogens is 304 g/mol. The number of thiazole rings is 1. The minimum Gasteiger partial charge on any atom is -0.330 e. The molecular formula is C14H14N4O3S. The first kappa shape index (κ1) is 14.6. The van der Waals surface area contributed by atoms with Crippen LogP contribution in [0.3, 0.4) is 0 Å². The Morgan fingerprint density at radius 3 is 3.05 bits per heavy atom. The molecule has 2 N–H and O–H groups in total. The fourth-order valence-corrected chi connectivity index (χ4v) is 3.37. The molecule has 0 fully saturated rings. The van der Waals surface area contributed by atoms with E-state index in [1.165, 1.54) is 17.4 Å². The predicted octanol–water partition coefficient (Wildman–Crippen LogP) is 1.76. The van der Waals surface area contributed by atoms with Crippen molar-refractivity contribution in [2.75, 3.05) is 18.0 Å². The number of fused-ring (bicyclic) bond motifs is 1. The standard InChI is InChI=1S/C14H14N4O3S/c15-6-4-13-16-10(8-22-13)14(19)17-7-5-9-11(17)2-1-3-12(9)18(20)21/h1-3,8H,4-7,15H2. The van der Waals surface area contributed by atoms with Crippen molar-refractivity contribution < 1.29 is 9.72 Å². The summed E-state index contributed by atoms with van der Waals surface area (Å²) in [6.45, 7) is 0.919. The SMILES string of the molecule is NCCc1nc(C(=O)N2CCc3c2cccc3[N+](=O)[O-])cs1. The highest BCUT2D eigenvalue weighted by molar-refractivity contribution is 7.09. The molecule has 0 spiro atoms. The number of nitro groups is 1. The molecule has 1 aliphatic rings. The number of aromatic nitrogens is 1. The summed E-state index contributed by atoms with van der Waals surface area (Å²) in [5, 5.41) is 13.6. The number of hydrogen-bond acceptors (Lipinski definition) is 6. The lowest BCUT2D eigenvalue weighted by atomic mass is 10.1. The van der Waals surface area contributed by atoms with Crippen LogP contribution in [0.1, 0.15) is 21.1 Å². The van der Waals surface area contributed by atoms with Crippen molar-refractivity contribution in [3.63, 3.8) is 0 Å². The Morgan fingerprint density at radius 2 is 2.32 bits per heavy atom. The van der Waals surface area contributed by atoms with Crippen molar-refractivity contribution in [2.24, 2.45) is 5.73 Å². The maximum atomic E-state index is 12.6. The van der Waals surface area contributed by atoms with Crippen LogP contribution in [0.15, 0.2) is 23.6 Å². The molecule has 1 amide bonds. The summed E-state index contributed by atoms with van der Waals surface area (Å²) >= 11 is 1.40. The zero-order chi connectivity index (χ0) is 15.7. The minimum atomic E-state index is -0.408. The zero-order valence-electron chi connectivity index (χ0n) is 11.7. The van der Waals surface area contributed by atoms with Gasteiger partial charge < -0.3 is 10.6 Å². The topological polar surface area (TPSA) is 102 Å². The van der Waals surface area contributed by atoms with Gasteiger partial charge in [0.05, 0.1) is 21.2 Å². The van der Waals surface area contributed by atoms with E-state index in [0.717, 1.165) is 5.01 Å². The van der Waals surface area contributed by atoms with Gasteiger partial charge in [0.25, 0.3) is 11.6 Å². The Labute approximate surface area is 130 Å². The summed E-state index contributed by atoms with van der Waals surface area (Å²) in [7, 11) is 0. The van der Waals surface area contributed by atoms with Crippen molar-refractivity contribution in [3.8, 4) is 0 Å². The fraction of sp³-hybridized carbons (Fsp3) is 0.286. The number of nitro benzene ring substituents is 1. The van der Waals surface area contributed by atoms with Crippen LogP contribution in [-0.2, 0) is 12.8 Å². The number of carbonyl (C=O) groups is 1. The summed E-state index contributed by atoms with van der Waals surface area (Å²) in [5.41, 5.74) is 7.13. The molecule has 0 unspecified atom stereocenters. The molecule has 2 aromatic rings. The molecule has 22 heavy (non-hydrogen) atoms. The van der Waals surface area contributed by atoms with Gasteiger partial charge in [-0.05, 0) is 19.0 Å². The number of amides is 1. The van der Waals surface area contributed by atoms with Crippen LogP contribution < -0.4 is 10.6 Å². The summed E-state index contributed by atoms with van der Waals surface area (Å²) < 4.78 is 0. The molecule has 8 heteroatoms. The van der Waals surface area contributed by atoms with Crippen molar-refractivity contribution >= 4 is 28.6 Å². The van der Waals surface area contributed by atoms with Crippen LogP contribution in [0.2, 0.25) is 0 Å². The van der Waals surface area contributed by atoms with E-state index in [4.69, 9.17) is 5.73 Å². The number of rotatable bonds is 4. The van der Waals surface area contributed by atoms with E-state index in [9.17, 15) is 14.9 Å². The van der Waals surface area contributed by atoms with E-state index in [1.807, 2.05) is 0 Å². The quantitative estimate of drug-likeness (QED) is 0.683. The number of anilines is 1. The molecule has 1 aromatic heterocycles. The molecule has 1 aromatic carbocycles. The van der Waals surface area contributed by atoms with E-state index in [-0.39, 0.29) is 11.6 Å². The zero-order valence-corrected chi connectivity index (χ0v) is 12.5. The van der Waals surface area contributed by atoms with E-state index in [1.54, 1.807) is 22.4 Å². The molecule has 1 aliphatic heterocycles. The summed E-state index contributed by atoms with van der Waals surface area (Å²) in [4.78, 5) is 29.1. The number of benzene rings is 1. The van der Waals surface area contributed by atoms with Gasteiger partial charge in [0.1, 0.15) is 5.69 Å².